The highest BCUT2D eigenvalue weighted by molar-refractivity contribution is 5.97. The minimum absolute atomic E-state index is 0.183. The zero-order chi connectivity index (χ0) is 12.3. The van der Waals surface area contributed by atoms with E-state index in [0.717, 1.165) is 0 Å². The van der Waals surface area contributed by atoms with Gasteiger partial charge in [0.15, 0.2) is 0 Å². The van der Waals surface area contributed by atoms with Crippen molar-refractivity contribution in [3.63, 3.8) is 0 Å². The smallest absolute Gasteiger partial charge is 0.336 e. The average molecular weight is 229 g/mol. The number of pyridine rings is 1. The largest absolute Gasteiger partial charge is 0.496 e. The van der Waals surface area contributed by atoms with Crippen LogP contribution in [0.15, 0.2) is 42.6 Å². The van der Waals surface area contributed by atoms with Crippen molar-refractivity contribution in [3.8, 4) is 17.0 Å². The molecule has 0 saturated carbocycles. The first-order valence-corrected chi connectivity index (χ1v) is 5.05. The molecule has 4 nitrogen and oxygen atoms in total. The number of carboxylic acids is 1. The zero-order valence-electron chi connectivity index (χ0n) is 9.25. The van der Waals surface area contributed by atoms with E-state index in [0.29, 0.717) is 17.0 Å². The third-order valence-corrected chi connectivity index (χ3v) is 2.40. The lowest BCUT2D eigenvalue weighted by Gasteiger charge is -2.10. The van der Waals surface area contributed by atoms with Gasteiger partial charge in [0.05, 0.1) is 23.9 Å². The Labute approximate surface area is 98.5 Å². The Bertz CT molecular complexity index is 538. The summed E-state index contributed by atoms with van der Waals surface area (Å²) < 4.78 is 5.19. The Morgan fingerprint density at radius 3 is 2.65 bits per heavy atom. The zero-order valence-corrected chi connectivity index (χ0v) is 9.25. The van der Waals surface area contributed by atoms with Crippen LogP contribution in [-0.2, 0) is 0 Å². The number of aromatic carboxylic acids is 1. The summed E-state index contributed by atoms with van der Waals surface area (Å²) in [4.78, 5) is 15.3. The van der Waals surface area contributed by atoms with Crippen LogP contribution in [0.4, 0.5) is 0 Å². The molecule has 0 radical (unpaired) electrons. The van der Waals surface area contributed by atoms with Crippen LogP contribution in [0.5, 0.6) is 5.75 Å². The van der Waals surface area contributed by atoms with Crippen molar-refractivity contribution in [1.29, 1.82) is 0 Å². The second kappa shape index (κ2) is 4.65. The van der Waals surface area contributed by atoms with Gasteiger partial charge in [0.25, 0.3) is 0 Å². The van der Waals surface area contributed by atoms with Gasteiger partial charge in [-0.25, -0.2) is 4.79 Å². The van der Waals surface area contributed by atoms with Crippen molar-refractivity contribution in [1.82, 2.24) is 4.98 Å². The molecule has 4 heteroatoms. The quantitative estimate of drug-likeness (QED) is 0.878. The number of carboxylic acid groups (broad SMARTS) is 1. The molecular formula is C13H11NO3. The van der Waals surface area contributed by atoms with Crippen LogP contribution in [0.3, 0.4) is 0 Å². The maximum absolute atomic E-state index is 11.2. The SMILES string of the molecule is COc1cccc(C(=O)O)c1-c1ccccn1. The Balaban J connectivity index is 2.69. The van der Waals surface area contributed by atoms with Crippen LogP contribution in [0.2, 0.25) is 0 Å². The minimum Gasteiger partial charge on any atom is -0.496 e. The third kappa shape index (κ3) is 2.10. The van der Waals surface area contributed by atoms with Crippen molar-refractivity contribution in [2.45, 2.75) is 0 Å². The van der Waals surface area contributed by atoms with Gasteiger partial charge in [0, 0.05) is 6.20 Å². The van der Waals surface area contributed by atoms with Gasteiger partial charge in [-0.05, 0) is 24.3 Å². The maximum atomic E-state index is 11.2. The van der Waals surface area contributed by atoms with Gasteiger partial charge in [0.1, 0.15) is 5.75 Å². The molecule has 2 aromatic rings. The molecule has 0 saturated heterocycles. The van der Waals surface area contributed by atoms with Crippen molar-refractivity contribution in [2.75, 3.05) is 7.11 Å². The molecule has 1 aromatic carbocycles. The van der Waals surface area contributed by atoms with Crippen LogP contribution in [0.1, 0.15) is 10.4 Å². The summed E-state index contributed by atoms with van der Waals surface area (Å²) >= 11 is 0. The fraction of sp³-hybridized carbons (Fsp3) is 0.0769. The van der Waals surface area contributed by atoms with Crippen molar-refractivity contribution in [3.05, 3.63) is 48.2 Å². The van der Waals surface area contributed by atoms with Gasteiger partial charge in [0.2, 0.25) is 0 Å². The number of ether oxygens (including phenoxy) is 1. The van der Waals surface area contributed by atoms with E-state index < -0.39 is 5.97 Å². The van der Waals surface area contributed by atoms with Crippen LogP contribution in [0.25, 0.3) is 11.3 Å². The van der Waals surface area contributed by atoms with Crippen molar-refractivity contribution in [2.24, 2.45) is 0 Å². The summed E-state index contributed by atoms with van der Waals surface area (Å²) in [6.45, 7) is 0. The predicted molar refractivity (Wildman–Crippen MR) is 63.2 cm³/mol. The average Bonchev–Trinajstić information content (AvgIpc) is 2.38. The summed E-state index contributed by atoms with van der Waals surface area (Å²) in [7, 11) is 1.51. The van der Waals surface area contributed by atoms with Crippen molar-refractivity contribution < 1.29 is 14.6 Å². The number of hydrogen-bond acceptors (Lipinski definition) is 3. The number of benzene rings is 1. The number of rotatable bonds is 3. The van der Waals surface area contributed by atoms with E-state index in [9.17, 15) is 4.79 Å². The first-order valence-electron chi connectivity index (χ1n) is 5.05. The monoisotopic (exact) mass is 229 g/mol. The minimum atomic E-state index is -0.996. The van der Waals surface area contributed by atoms with E-state index in [-0.39, 0.29) is 5.56 Å². The lowest BCUT2D eigenvalue weighted by atomic mass is 10.0. The Kier molecular flexibility index (Phi) is 3.05. The standard InChI is InChI=1S/C13H11NO3/c1-17-11-7-4-5-9(13(15)16)12(11)10-6-2-3-8-14-10/h2-8H,1H3,(H,15,16). The molecule has 0 unspecified atom stereocenters. The predicted octanol–water partition coefficient (Wildman–Crippen LogP) is 2.46. The summed E-state index contributed by atoms with van der Waals surface area (Å²) in [5, 5.41) is 9.16. The summed E-state index contributed by atoms with van der Waals surface area (Å²) in [5.74, 6) is -0.492. The molecule has 17 heavy (non-hydrogen) atoms. The second-order valence-electron chi connectivity index (χ2n) is 3.40. The van der Waals surface area contributed by atoms with E-state index in [1.165, 1.54) is 13.2 Å². The van der Waals surface area contributed by atoms with E-state index in [1.807, 2.05) is 0 Å². The van der Waals surface area contributed by atoms with E-state index >= 15 is 0 Å². The summed E-state index contributed by atoms with van der Waals surface area (Å²) in [6, 6.07) is 10.2. The molecule has 0 aliphatic carbocycles. The van der Waals surface area contributed by atoms with Crippen LogP contribution >= 0.6 is 0 Å². The lowest BCUT2D eigenvalue weighted by Crippen LogP contribution is -2.02. The molecule has 0 atom stereocenters. The van der Waals surface area contributed by atoms with Gasteiger partial charge in [-0.15, -0.1) is 0 Å². The molecule has 0 spiro atoms. The fourth-order valence-electron chi connectivity index (χ4n) is 1.65. The molecular weight excluding hydrogens is 218 g/mol. The Hall–Kier alpha value is -2.36. The van der Waals surface area contributed by atoms with Gasteiger partial charge in [-0.3, -0.25) is 4.98 Å². The third-order valence-electron chi connectivity index (χ3n) is 2.40. The molecule has 1 aromatic heterocycles. The molecule has 0 amide bonds. The molecule has 0 bridgehead atoms. The van der Waals surface area contributed by atoms with Crippen LogP contribution < -0.4 is 4.74 Å². The van der Waals surface area contributed by atoms with E-state index in [1.54, 1.807) is 36.5 Å². The summed E-state index contributed by atoms with van der Waals surface area (Å²) in [5.41, 5.74) is 1.27. The molecule has 2 rings (SSSR count). The highest BCUT2D eigenvalue weighted by atomic mass is 16.5. The first-order chi connectivity index (χ1) is 8.24. The highest BCUT2D eigenvalue weighted by Crippen LogP contribution is 2.31. The number of nitrogens with zero attached hydrogens (tertiary/aromatic N) is 1. The van der Waals surface area contributed by atoms with Crippen LogP contribution in [0, 0.1) is 0 Å². The lowest BCUT2D eigenvalue weighted by molar-refractivity contribution is 0.0697. The topological polar surface area (TPSA) is 59.4 Å². The molecule has 1 N–H and O–H groups in total. The van der Waals surface area contributed by atoms with Gasteiger partial charge in [-0.1, -0.05) is 12.1 Å². The number of carbonyl (C=O) groups is 1. The molecule has 0 aliphatic rings. The van der Waals surface area contributed by atoms with E-state index in [2.05, 4.69) is 4.98 Å². The van der Waals surface area contributed by atoms with Crippen molar-refractivity contribution >= 4 is 5.97 Å². The molecule has 86 valence electrons. The fourth-order valence-corrected chi connectivity index (χ4v) is 1.65. The Morgan fingerprint density at radius 2 is 2.06 bits per heavy atom. The number of methoxy groups -OCH3 is 1. The first kappa shape index (κ1) is 11.1. The second-order valence-corrected chi connectivity index (χ2v) is 3.40. The number of hydrogen-bond donors (Lipinski definition) is 1. The highest BCUT2D eigenvalue weighted by Gasteiger charge is 2.16. The number of aromatic nitrogens is 1. The Morgan fingerprint density at radius 1 is 1.24 bits per heavy atom. The summed E-state index contributed by atoms with van der Waals surface area (Å²) in [6.07, 6.45) is 1.62. The molecule has 0 fully saturated rings. The normalized spacial score (nSPS) is 9.94. The van der Waals surface area contributed by atoms with Gasteiger partial charge in [-0.2, -0.15) is 0 Å². The van der Waals surface area contributed by atoms with Crippen LogP contribution in [-0.4, -0.2) is 23.2 Å². The molecule has 1 heterocycles. The van der Waals surface area contributed by atoms with Gasteiger partial charge < -0.3 is 9.84 Å². The molecule has 0 aliphatic heterocycles. The maximum Gasteiger partial charge on any atom is 0.336 e. The van der Waals surface area contributed by atoms with Gasteiger partial charge >= 0.3 is 5.97 Å². The van der Waals surface area contributed by atoms with E-state index in [4.69, 9.17) is 9.84 Å².